The van der Waals surface area contributed by atoms with Gasteiger partial charge in [-0.3, -0.25) is 29.0 Å². The highest BCUT2D eigenvalue weighted by Gasteiger charge is 2.70. The van der Waals surface area contributed by atoms with Crippen molar-refractivity contribution in [3.05, 3.63) is 114 Å². The van der Waals surface area contributed by atoms with Gasteiger partial charge in [-0.05, 0) is 23.3 Å². The van der Waals surface area contributed by atoms with Crippen LogP contribution in [0.5, 0.6) is 5.75 Å². The summed E-state index contributed by atoms with van der Waals surface area (Å²) in [4.78, 5) is 71.5. The van der Waals surface area contributed by atoms with Crippen LogP contribution in [0.15, 0.2) is 103 Å². The van der Waals surface area contributed by atoms with Crippen molar-refractivity contribution in [3.63, 3.8) is 0 Å². The van der Waals surface area contributed by atoms with Crippen LogP contribution < -0.4 is 4.74 Å². The van der Waals surface area contributed by atoms with Crippen LogP contribution in [-0.4, -0.2) is 39.4 Å². The van der Waals surface area contributed by atoms with Gasteiger partial charge in [-0.15, -0.1) is 0 Å². The van der Waals surface area contributed by atoms with E-state index in [-0.39, 0.29) is 30.5 Å². The fourth-order valence-electron chi connectivity index (χ4n) is 7.18. The lowest BCUT2D eigenvalue weighted by molar-refractivity contribution is -0.142. The third-order valence-electron chi connectivity index (χ3n) is 8.87. The van der Waals surface area contributed by atoms with Crippen molar-refractivity contribution in [3.8, 4) is 5.75 Å². The Balaban J connectivity index is 1.27. The summed E-state index contributed by atoms with van der Waals surface area (Å²) in [6, 6.07) is 26.9. The molecule has 2 heterocycles. The van der Waals surface area contributed by atoms with Gasteiger partial charge in [-0.1, -0.05) is 84.9 Å². The first-order valence-corrected chi connectivity index (χ1v) is 13.7. The molecule has 204 valence electrons. The zero-order valence-corrected chi connectivity index (χ0v) is 22.0. The first-order valence-electron chi connectivity index (χ1n) is 13.7. The Labute approximate surface area is 236 Å². The van der Waals surface area contributed by atoms with Crippen molar-refractivity contribution in [2.24, 2.45) is 35.5 Å². The molecule has 3 fully saturated rings. The molecule has 3 aromatic rings. The van der Waals surface area contributed by atoms with Gasteiger partial charge in [0.15, 0.2) is 0 Å². The van der Waals surface area contributed by atoms with Crippen LogP contribution in [0.3, 0.4) is 0 Å². The Morgan fingerprint density at radius 1 is 0.561 bits per heavy atom. The summed E-state index contributed by atoms with van der Waals surface area (Å²) in [6.45, 7) is 0.179. The molecular weight excluding hydrogens is 520 g/mol. The van der Waals surface area contributed by atoms with Crippen LogP contribution in [0.1, 0.15) is 11.1 Å². The molecule has 2 saturated heterocycles. The minimum absolute atomic E-state index is 0.0894. The minimum Gasteiger partial charge on any atom is -0.423 e. The van der Waals surface area contributed by atoms with E-state index in [4.69, 9.17) is 4.74 Å². The molecule has 0 N–H and O–H groups in total. The number of esters is 1. The van der Waals surface area contributed by atoms with Crippen molar-refractivity contribution in [2.75, 3.05) is 0 Å². The molecule has 41 heavy (non-hydrogen) atoms. The maximum atomic E-state index is 13.9. The summed E-state index contributed by atoms with van der Waals surface area (Å²) >= 11 is 0. The number of hydrogen-bond acceptors (Lipinski definition) is 6. The van der Waals surface area contributed by atoms with Crippen molar-refractivity contribution in [2.45, 2.75) is 13.1 Å². The maximum Gasteiger partial charge on any atom is 0.339 e. The lowest BCUT2D eigenvalue weighted by atomic mass is 9.52. The van der Waals surface area contributed by atoms with Gasteiger partial charge in [0.05, 0.1) is 36.8 Å². The van der Waals surface area contributed by atoms with Gasteiger partial charge in [0, 0.05) is 17.4 Å². The van der Waals surface area contributed by atoms with Crippen LogP contribution >= 0.6 is 0 Å². The highest BCUT2D eigenvalue weighted by Crippen LogP contribution is 2.60. The SMILES string of the molecule is O=C(Oc1ccccc1)C1=CC2[C@H]3C(=O)N(Cc4ccccc4)C(=O)[C@H]3C1[C@H]1C(=O)N(Cc3ccccc3)C(=O)[C@@H]21. The Morgan fingerprint density at radius 3 is 1.44 bits per heavy atom. The van der Waals surface area contributed by atoms with Crippen molar-refractivity contribution < 1.29 is 28.7 Å². The van der Waals surface area contributed by atoms with Gasteiger partial charge in [-0.2, -0.15) is 0 Å². The number of hydrogen-bond donors (Lipinski definition) is 0. The third kappa shape index (κ3) is 3.93. The highest BCUT2D eigenvalue weighted by atomic mass is 16.5. The third-order valence-corrected chi connectivity index (χ3v) is 8.87. The minimum atomic E-state index is -0.944. The predicted molar refractivity (Wildman–Crippen MR) is 145 cm³/mol. The number of benzene rings is 3. The molecule has 8 nitrogen and oxygen atoms in total. The zero-order valence-electron chi connectivity index (χ0n) is 22.0. The number of amides is 4. The summed E-state index contributed by atoms with van der Waals surface area (Å²) in [5.41, 5.74) is 1.77. The van der Waals surface area contributed by atoms with Gasteiger partial charge in [0.1, 0.15) is 5.75 Å². The molecule has 6 atom stereocenters. The van der Waals surface area contributed by atoms with Crippen LogP contribution in [-0.2, 0) is 37.1 Å². The number of ether oxygens (including phenoxy) is 1. The number of para-hydroxylation sites is 1. The number of imide groups is 2. The van der Waals surface area contributed by atoms with Gasteiger partial charge in [0.25, 0.3) is 0 Å². The topological polar surface area (TPSA) is 101 Å². The normalized spacial score (nSPS) is 28.0. The predicted octanol–water partition coefficient (Wildman–Crippen LogP) is 3.38. The molecule has 8 heteroatoms. The molecule has 3 aliphatic carbocycles. The summed E-state index contributed by atoms with van der Waals surface area (Å²) in [7, 11) is 0. The van der Waals surface area contributed by atoms with E-state index in [0.717, 1.165) is 11.1 Å². The quantitative estimate of drug-likeness (QED) is 0.267. The maximum absolute atomic E-state index is 13.9. The van der Waals surface area contributed by atoms with E-state index in [1.54, 1.807) is 36.4 Å². The highest BCUT2D eigenvalue weighted by molar-refractivity contribution is 6.12. The average molecular weight is 547 g/mol. The number of rotatable bonds is 6. The molecule has 0 aromatic heterocycles. The summed E-state index contributed by atoms with van der Waals surface area (Å²) in [5.74, 6) is -7.13. The fourth-order valence-corrected chi connectivity index (χ4v) is 7.18. The molecule has 0 spiro atoms. The second-order valence-electron chi connectivity index (χ2n) is 11.0. The van der Waals surface area contributed by atoms with E-state index in [9.17, 15) is 24.0 Å². The van der Waals surface area contributed by atoms with Crippen LogP contribution in [0.4, 0.5) is 0 Å². The van der Waals surface area contributed by atoms with Gasteiger partial charge in [0.2, 0.25) is 23.6 Å². The molecule has 2 aliphatic heterocycles. The van der Waals surface area contributed by atoms with E-state index in [1.807, 2.05) is 60.7 Å². The number of nitrogens with zero attached hydrogens (tertiary/aromatic N) is 2. The Hall–Kier alpha value is -4.85. The van der Waals surface area contributed by atoms with Crippen LogP contribution in [0.25, 0.3) is 0 Å². The molecular formula is C33H26N2O6. The van der Waals surface area contributed by atoms with Crippen LogP contribution in [0.2, 0.25) is 0 Å². The summed E-state index contributed by atoms with van der Waals surface area (Å²) in [5, 5.41) is 0. The summed E-state index contributed by atoms with van der Waals surface area (Å²) in [6.07, 6.45) is 1.63. The molecule has 5 aliphatic rings. The Bertz CT molecular complexity index is 1520. The second-order valence-corrected chi connectivity index (χ2v) is 11.0. The molecule has 3 aromatic carbocycles. The average Bonchev–Trinajstić information content (AvgIpc) is 3.41. The smallest absolute Gasteiger partial charge is 0.339 e. The van der Waals surface area contributed by atoms with Crippen molar-refractivity contribution in [1.82, 2.24) is 9.80 Å². The first-order chi connectivity index (χ1) is 19.9. The van der Waals surface area contributed by atoms with E-state index in [0.29, 0.717) is 5.75 Å². The lowest BCUT2D eigenvalue weighted by Gasteiger charge is -2.46. The molecule has 1 saturated carbocycles. The zero-order chi connectivity index (χ0) is 28.2. The van der Waals surface area contributed by atoms with Gasteiger partial charge < -0.3 is 4.74 Å². The number of carbonyl (C=O) groups is 5. The van der Waals surface area contributed by atoms with Crippen LogP contribution in [0, 0.1) is 35.5 Å². The van der Waals surface area contributed by atoms with Crippen molar-refractivity contribution in [1.29, 1.82) is 0 Å². The first kappa shape index (κ1) is 25.1. The lowest BCUT2D eigenvalue weighted by Crippen LogP contribution is -2.53. The van der Waals surface area contributed by atoms with E-state index >= 15 is 0 Å². The molecule has 2 bridgehead atoms. The Morgan fingerprint density at radius 2 is 0.976 bits per heavy atom. The van der Waals surface area contributed by atoms with E-state index in [1.165, 1.54) is 9.80 Å². The van der Waals surface area contributed by atoms with E-state index < -0.39 is 53.3 Å². The standard InChI is InChI=1S/C33H26N2O6/c36-29-25-22-16-23(33(40)41-21-14-8-3-9-15-21)24(27(25)31(38)34(29)17-19-10-4-1-5-11-19)28-26(22)30(37)35(32(28)39)18-20-12-6-2-7-13-20/h1-16,22,24-28H,17-18H2/t22?,24?,25-,26+,27+,28-. The second kappa shape index (κ2) is 9.66. The monoisotopic (exact) mass is 546 g/mol. The largest absolute Gasteiger partial charge is 0.423 e. The Kier molecular flexibility index (Phi) is 5.92. The van der Waals surface area contributed by atoms with E-state index in [2.05, 4.69) is 0 Å². The number of likely N-dealkylation sites (tertiary alicyclic amines) is 2. The fraction of sp³-hybridized carbons (Fsp3) is 0.242. The molecule has 8 rings (SSSR count). The van der Waals surface area contributed by atoms with Gasteiger partial charge in [-0.25, -0.2) is 4.79 Å². The van der Waals surface area contributed by atoms with Gasteiger partial charge >= 0.3 is 5.97 Å². The molecule has 0 radical (unpaired) electrons. The number of carbonyl (C=O) groups excluding carboxylic acids is 5. The molecule has 4 amide bonds. The number of allylic oxidation sites excluding steroid dienone is 1. The van der Waals surface area contributed by atoms with Crippen molar-refractivity contribution >= 4 is 29.6 Å². The molecule has 2 unspecified atom stereocenters. The summed E-state index contributed by atoms with van der Waals surface area (Å²) < 4.78 is 5.65.